The molecule has 168 valence electrons. The molecule has 0 fully saturated rings. The van der Waals surface area contributed by atoms with E-state index < -0.39 is 7.82 Å². The highest BCUT2D eigenvalue weighted by atomic mass is 31.2. The molecule has 34 heavy (non-hydrogen) atoms. The Bertz CT molecular complexity index is 1480. The van der Waals surface area contributed by atoms with Gasteiger partial charge in [0.05, 0.1) is 0 Å². The molecule has 0 radical (unpaired) electrons. The third kappa shape index (κ3) is 3.26. The molecule has 0 N–H and O–H groups in total. The lowest BCUT2D eigenvalue weighted by Crippen LogP contribution is -2.10. The molecule has 3 aliphatic heterocycles. The Balaban J connectivity index is 1.45. The third-order valence-electron chi connectivity index (χ3n) is 6.35. The zero-order valence-corrected chi connectivity index (χ0v) is 18.9. The molecule has 4 aromatic rings. The highest BCUT2D eigenvalue weighted by Gasteiger charge is 2.50. The molecular weight excluding hydrogens is 451 g/mol. The van der Waals surface area contributed by atoms with Gasteiger partial charge in [0.15, 0.2) is 17.2 Å². The highest BCUT2D eigenvalue weighted by molar-refractivity contribution is 7.49. The van der Waals surface area contributed by atoms with E-state index in [-0.39, 0.29) is 0 Å². The molecule has 0 saturated heterocycles. The van der Waals surface area contributed by atoms with Crippen LogP contribution in [0.25, 0.3) is 0 Å². The van der Waals surface area contributed by atoms with Gasteiger partial charge in [0, 0.05) is 29.5 Å². The number of para-hydroxylation sites is 1. The minimum Gasteiger partial charge on any atom is -0.449 e. The molecule has 1 atom stereocenters. The van der Waals surface area contributed by atoms with Crippen LogP contribution in [0.4, 0.5) is 0 Å². The molecule has 6 nitrogen and oxygen atoms in total. The fourth-order valence-electron chi connectivity index (χ4n) is 4.72. The van der Waals surface area contributed by atoms with Crippen LogP contribution in [0.5, 0.6) is 28.7 Å². The summed E-state index contributed by atoms with van der Waals surface area (Å²) >= 11 is 0. The standard InChI is InChI=1S/C27H19O6P/c28-34-31-26-21(15-18-10-5-2-6-11-18)20(14-17-8-3-1-4-9-17)22(25(30-33-34)27(26)32-34)16-19-12-7-13-23-24(19)29-23/h1-13H,14-16H2. The zero-order valence-electron chi connectivity index (χ0n) is 18.0. The zero-order chi connectivity index (χ0) is 22.7. The van der Waals surface area contributed by atoms with Gasteiger partial charge in [-0.25, -0.2) is 4.57 Å². The first-order chi connectivity index (χ1) is 16.7. The molecular formula is C27H19O6P. The lowest BCUT2D eigenvalue weighted by Gasteiger charge is -2.21. The van der Waals surface area contributed by atoms with Gasteiger partial charge in [-0.3, -0.25) is 0 Å². The third-order valence-corrected chi connectivity index (χ3v) is 7.42. The van der Waals surface area contributed by atoms with Crippen molar-refractivity contribution in [1.29, 1.82) is 0 Å². The normalized spacial score (nSPS) is 18.2. The summed E-state index contributed by atoms with van der Waals surface area (Å²) in [6, 6.07) is 26.3. The summed E-state index contributed by atoms with van der Waals surface area (Å²) in [5.74, 6) is 2.99. The Morgan fingerprint density at radius 3 is 1.97 bits per heavy atom. The summed E-state index contributed by atoms with van der Waals surface area (Å²) in [6.07, 6.45) is 1.78. The molecule has 7 rings (SSSR count). The van der Waals surface area contributed by atoms with Crippen LogP contribution in [0.3, 0.4) is 0 Å². The number of phosphoric acid groups is 1. The van der Waals surface area contributed by atoms with Gasteiger partial charge in [-0.05, 0) is 29.2 Å². The Morgan fingerprint density at radius 2 is 1.24 bits per heavy atom. The van der Waals surface area contributed by atoms with Crippen LogP contribution >= 0.6 is 7.82 Å². The van der Waals surface area contributed by atoms with Crippen LogP contribution in [0, 0.1) is 0 Å². The summed E-state index contributed by atoms with van der Waals surface area (Å²) < 4.78 is 35.1. The second-order valence-corrected chi connectivity index (χ2v) is 9.97. The van der Waals surface area contributed by atoms with Crippen molar-refractivity contribution in [3.05, 3.63) is 112 Å². The van der Waals surface area contributed by atoms with Crippen LogP contribution in [-0.4, -0.2) is 0 Å². The minimum absolute atomic E-state index is 0.352. The van der Waals surface area contributed by atoms with Crippen molar-refractivity contribution in [3.8, 4) is 28.7 Å². The Kier molecular flexibility index (Phi) is 4.28. The Morgan fingerprint density at radius 1 is 0.588 bits per heavy atom. The van der Waals surface area contributed by atoms with Gasteiger partial charge >= 0.3 is 7.82 Å². The Labute approximate surface area is 196 Å². The quantitative estimate of drug-likeness (QED) is 0.155. The predicted octanol–water partition coefficient (Wildman–Crippen LogP) is 6.77. The number of hydrogen-bond acceptors (Lipinski definition) is 6. The smallest absolute Gasteiger partial charge is 0.449 e. The van der Waals surface area contributed by atoms with Gasteiger partial charge in [-0.15, -0.1) is 0 Å². The van der Waals surface area contributed by atoms with Crippen LogP contribution in [0.2, 0.25) is 0 Å². The van der Waals surface area contributed by atoms with E-state index in [9.17, 15) is 4.57 Å². The SMILES string of the molecule is O=P12OOc3c(Cc4cccc5c4O5)c(Cc4ccccc4)c(Cc4ccccc4)c(c3O1)O2. The predicted molar refractivity (Wildman–Crippen MR) is 125 cm³/mol. The maximum absolute atomic E-state index is 12.9. The average Bonchev–Trinajstić information content (AvgIpc) is 3.60. The molecule has 1 unspecified atom stereocenters. The van der Waals surface area contributed by atoms with Crippen LogP contribution in [-0.2, 0) is 28.5 Å². The number of hydrogen-bond donors (Lipinski definition) is 0. The number of phosphoric ester groups is 1. The number of rotatable bonds is 6. The average molecular weight is 470 g/mol. The molecule has 0 amide bonds. The Hall–Kier alpha value is -3.73. The van der Waals surface area contributed by atoms with E-state index in [4.69, 9.17) is 23.3 Å². The summed E-state index contributed by atoms with van der Waals surface area (Å²) in [4.78, 5) is 5.58. The van der Waals surface area contributed by atoms with Crippen LogP contribution < -0.4 is 18.7 Å². The first-order valence-electron chi connectivity index (χ1n) is 11.1. The van der Waals surface area contributed by atoms with Gasteiger partial charge < -0.3 is 18.7 Å². The van der Waals surface area contributed by atoms with E-state index in [0.717, 1.165) is 44.9 Å². The fourth-order valence-corrected chi connectivity index (χ4v) is 5.79. The van der Waals surface area contributed by atoms with Gasteiger partial charge in [0.25, 0.3) is 0 Å². The number of ether oxygens (including phenoxy) is 1. The molecule has 3 aliphatic rings. The van der Waals surface area contributed by atoms with E-state index >= 15 is 0 Å². The van der Waals surface area contributed by atoms with E-state index in [0.29, 0.717) is 36.5 Å². The van der Waals surface area contributed by atoms with E-state index in [1.54, 1.807) is 0 Å². The molecule has 2 bridgehead atoms. The topological polar surface area (TPSA) is 66.5 Å². The fraction of sp³-hybridized carbons (Fsp3) is 0.111. The summed E-state index contributed by atoms with van der Waals surface area (Å²) in [6.45, 7) is 0. The molecule has 4 aromatic carbocycles. The molecule has 0 saturated carbocycles. The van der Waals surface area contributed by atoms with Gasteiger partial charge in [0.1, 0.15) is 0 Å². The van der Waals surface area contributed by atoms with Crippen molar-refractivity contribution in [2.24, 2.45) is 0 Å². The first kappa shape index (κ1) is 19.7. The van der Waals surface area contributed by atoms with Crippen molar-refractivity contribution in [2.75, 3.05) is 0 Å². The van der Waals surface area contributed by atoms with Gasteiger partial charge in [0.2, 0.25) is 11.5 Å². The molecule has 0 aromatic heterocycles. The van der Waals surface area contributed by atoms with Gasteiger partial charge in [-0.1, -0.05) is 77.5 Å². The second kappa shape index (κ2) is 7.39. The van der Waals surface area contributed by atoms with E-state index in [1.165, 1.54) is 0 Å². The lowest BCUT2D eigenvalue weighted by molar-refractivity contribution is -0.126. The number of fused-ring (bicyclic) bond motifs is 2. The lowest BCUT2D eigenvalue weighted by atomic mass is 9.87. The van der Waals surface area contributed by atoms with E-state index in [1.807, 2.05) is 54.6 Å². The van der Waals surface area contributed by atoms with Crippen LogP contribution in [0.1, 0.15) is 33.4 Å². The summed E-state index contributed by atoms with van der Waals surface area (Å²) in [5.41, 5.74) is 6.18. The maximum Gasteiger partial charge on any atom is 0.625 e. The second-order valence-electron chi connectivity index (χ2n) is 8.56. The molecule has 7 heteroatoms. The number of benzene rings is 4. The molecule has 0 spiro atoms. The minimum atomic E-state index is -3.84. The van der Waals surface area contributed by atoms with Crippen LogP contribution in [0.15, 0.2) is 78.9 Å². The summed E-state index contributed by atoms with van der Waals surface area (Å²) in [5, 5.41) is 0. The largest absolute Gasteiger partial charge is 0.625 e. The van der Waals surface area contributed by atoms with Crippen molar-refractivity contribution in [3.63, 3.8) is 0 Å². The molecule has 3 heterocycles. The molecule has 0 aliphatic carbocycles. The van der Waals surface area contributed by atoms with Crippen molar-refractivity contribution < 1.29 is 27.9 Å². The first-order valence-corrected chi connectivity index (χ1v) is 12.6. The van der Waals surface area contributed by atoms with E-state index in [2.05, 4.69) is 24.3 Å². The van der Waals surface area contributed by atoms with Crippen molar-refractivity contribution in [1.82, 2.24) is 0 Å². The van der Waals surface area contributed by atoms with Gasteiger partial charge in [-0.2, -0.15) is 0 Å². The maximum atomic E-state index is 12.9. The highest BCUT2D eigenvalue weighted by Crippen LogP contribution is 2.68. The summed E-state index contributed by atoms with van der Waals surface area (Å²) in [7, 11) is -3.84. The van der Waals surface area contributed by atoms with Crippen molar-refractivity contribution in [2.45, 2.75) is 19.3 Å². The monoisotopic (exact) mass is 470 g/mol. The van der Waals surface area contributed by atoms with Crippen molar-refractivity contribution >= 4 is 7.82 Å².